The summed E-state index contributed by atoms with van der Waals surface area (Å²) >= 11 is 0. The number of methoxy groups -OCH3 is 2. The lowest BCUT2D eigenvalue weighted by atomic mass is 9.94. The van der Waals surface area contributed by atoms with Crippen LogP contribution in [-0.2, 0) is 23.8 Å². The first-order valence-electron chi connectivity index (χ1n) is 14.1. The van der Waals surface area contributed by atoms with Crippen LogP contribution in [0, 0.1) is 10.8 Å². The van der Waals surface area contributed by atoms with Crippen LogP contribution < -0.4 is 16.0 Å². The molecule has 0 spiro atoms. The third kappa shape index (κ3) is 9.30. The summed E-state index contributed by atoms with van der Waals surface area (Å²) in [4.78, 5) is 38.7. The normalized spacial score (nSPS) is 13.6. The molecule has 0 heterocycles. The minimum atomic E-state index is -0.943. The van der Waals surface area contributed by atoms with Crippen LogP contribution in [0.25, 0.3) is 11.1 Å². The average Bonchev–Trinajstić information content (AvgIpc) is 3.25. The van der Waals surface area contributed by atoms with E-state index in [0.717, 1.165) is 22.3 Å². The fourth-order valence-electron chi connectivity index (χ4n) is 5.09. The Kier molecular flexibility index (Phi) is 11.3. The molecule has 0 fully saturated rings. The van der Waals surface area contributed by atoms with Gasteiger partial charge in [0.1, 0.15) is 12.6 Å². The van der Waals surface area contributed by atoms with Gasteiger partial charge >= 0.3 is 6.09 Å². The third-order valence-electron chi connectivity index (χ3n) is 7.19. The first-order valence-corrected chi connectivity index (χ1v) is 14.1. The van der Waals surface area contributed by atoms with Crippen molar-refractivity contribution in [2.75, 3.05) is 47.1 Å². The number of carbonyl (C=O) groups is 3. The van der Waals surface area contributed by atoms with Crippen LogP contribution in [0.15, 0.2) is 48.5 Å². The van der Waals surface area contributed by atoms with Crippen molar-refractivity contribution >= 4 is 17.9 Å². The smallest absolute Gasteiger partial charge is 0.407 e. The summed E-state index contributed by atoms with van der Waals surface area (Å²) in [6, 6.07) is 15.2. The molecule has 9 nitrogen and oxygen atoms in total. The van der Waals surface area contributed by atoms with Gasteiger partial charge in [0.05, 0.1) is 13.2 Å². The molecule has 0 aromatic heterocycles. The van der Waals surface area contributed by atoms with Gasteiger partial charge in [-0.1, -0.05) is 76.2 Å². The molecule has 0 radical (unpaired) electrons. The van der Waals surface area contributed by atoms with Crippen LogP contribution in [0.1, 0.15) is 57.6 Å². The minimum Gasteiger partial charge on any atom is -0.449 e. The molecule has 3 amide bonds. The maximum Gasteiger partial charge on any atom is 0.407 e. The number of nitrogens with one attached hydrogen (secondary N) is 3. The van der Waals surface area contributed by atoms with E-state index in [1.807, 2.05) is 64.1 Å². The summed E-state index contributed by atoms with van der Waals surface area (Å²) in [6.45, 7) is 9.79. The number of hydrogen-bond donors (Lipinski definition) is 3. The second-order valence-corrected chi connectivity index (χ2v) is 12.3. The maximum atomic E-state index is 13.2. The molecule has 1 aliphatic carbocycles. The number of rotatable bonds is 15. The molecule has 41 heavy (non-hydrogen) atoms. The van der Waals surface area contributed by atoms with E-state index in [0.29, 0.717) is 26.3 Å². The molecule has 0 bridgehead atoms. The fourth-order valence-corrected chi connectivity index (χ4v) is 5.09. The molecule has 3 N–H and O–H groups in total. The highest BCUT2D eigenvalue weighted by atomic mass is 16.5. The van der Waals surface area contributed by atoms with E-state index in [2.05, 4.69) is 28.1 Å². The molecule has 2 aromatic rings. The van der Waals surface area contributed by atoms with Gasteiger partial charge in [-0.15, -0.1) is 0 Å². The van der Waals surface area contributed by atoms with Gasteiger partial charge in [0, 0.05) is 50.5 Å². The summed E-state index contributed by atoms with van der Waals surface area (Å²) < 4.78 is 16.1. The largest absolute Gasteiger partial charge is 0.449 e. The van der Waals surface area contributed by atoms with Crippen molar-refractivity contribution in [1.29, 1.82) is 0 Å². The second kappa shape index (κ2) is 14.5. The summed E-state index contributed by atoms with van der Waals surface area (Å²) in [5.74, 6) is -0.687. The Bertz CT molecular complexity index is 1150. The highest BCUT2D eigenvalue weighted by Gasteiger charge is 2.30. The zero-order valence-electron chi connectivity index (χ0n) is 25.2. The van der Waals surface area contributed by atoms with Crippen molar-refractivity contribution in [1.82, 2.24) is 16.0 Å². The highest BCUT2D eigenvalue weighted by Crippen LogP contribution is 2.44. The summed E-state index contributed by atoms with van der Waals surface area (Å²) in [7, 11) is 3.23. The summed E-state index contributed by atoms with van der Waals surface area (Å²) in [5, 5.41) is 8.49. The van der Waals surface area contributed by atoms with E-state index in [-0.39, 0.29) is 48.0 Å². The second-order valence-electron chi connectivity index (χ2n) is 12.3. The molecule has 0 saturated carbocycles. The zero-order valence-corrected chi connectivity index (χ0v) is 25.2. The molecular weight excluding hydrogens is 522 g/mol. The lowest BCUT2D eigenvalue weighted by molar-refractivity contribution is -0.124. The number of carbonyl (C=O) groups excluding carboxylic acids is 3. The van der Waals surface area contributed by atoms with Gasteiger partial charge in [0.15, 0.2) is 0 Å². The standard InChI is InChI=1S/C32H45N3O6/c1-31(2,20-39-5)18-33-28(36)16-15-27(29(37)34-19-32(3,4)21-40-6)35-30(38)41-17-26-24-13-9-7-11-22(24)23-12-8-10-14-25(23)26/h7-14,26-27H,15-21H2,1-6H3,(H,33,36)(H,34,37)(H,35,38). The molecule has 0 saturated heterocycles. The van der Waals surface area contributed by atoms with Gasteiger partial charge in [-0.05, 0) is 28.7 Å². The van der Waals surface area contributed by atoms with Crippen molar-refractivity contribution in [3.05, 3.63) is 59.7 Å². The van der Waals surface area contributed by atoms with Crippen molar-refractivity contribution in [3.8, 4) is 11.1 Å². The Hall–Kier alpha value is -3.43. The van der Waals surface area contributed by atoms with Gasteiger partial charge < -0.3 is 30.2 Å². The van der Waals surface area contributed by atoms with Crippen LogP contribution in [0.2, 0.25) is 0 Å². The molecule has 9 heteroatoms. The van der Waals surface area contributed by atoms with E-state index < -0.39 is 12.1 Å². The molecule has 1 atom stereocenters. The Labute approximate surface area is 243 Å². The van der Waals surface area contributed by atoms with Crippen molar-refractivity contribution < 1.29 is 28.6 Å². The summed E-state index contributed by atoms with van der Waals surface area (Å²) in [5.41, 5.74) is 3.94. The zero-order chi connectivity index (χ0) is 30.0. The highest BCUT2D eigenvalue weighted by molar-refractivity contribution is 5.86. The minimum absolute atomic E-state index is 0.0618. The molecule has 2 aromatic carbocycles. The van der Waals surface area contributed by atoms with Crippen molar-refractivity contribution in [3.63, 3.8) is 0 Å². The predicted molar refractivity (Wildman–Crippen MR) is 159 cm³/mol. The van der Waals surface area contributed by atoms with E-state index in [4.69, 9.17) is 14.2 Å². The quantitative estimate of drug-likeness (QED) is 0.296. The van der Waals surface area contributed by atoms with Crippen molar-refractivity contribution in [2.24, 2.45) is 10.8 Å². The molecule has 1 unspecified atom stereocenters. The predicted octanol–water partition coefficient (Wildman–Crippen LogP) is 4.25. The summed E-state index contributed by atoms with van der Waals surface area (Å²) in [6.07, 6.45) is -0.520. The Morgan fingerprint density at radius 2 is 1.32 bits per heavy atom. The molecule has 0 aliphatic heterocycles. The van der Waals surface area contributed by atoms with Crippen LogP contribution in [0.4, 0.5) is 4.79 Å². The number of benzene rings is 2. The van der Waals surface area contributed by atoms with Crippen LogP contribution in [0.5, 0.6) is 0 Å². The first kappa shape index (κ1) is 32.1. The molecule has 1 aliphatic rings. The van der Waals surface area contributed by atoms with Gasteiger partial charge in [0.25, 0.3) is 0 Å². The maximum absolute atomic E-state index is 13.2. The van der Waals surface area contributed by atoms with Gasteiger partial charge in [-0.2, -0.15) is 0 Å². The van der Waals surface area contributed by atoms with Gasteiger partial charge in [-0.3, -0.25) is 9.59 Å². The number of amides is 3. The van der Waals surface area contributed by atoms with E-state index >= 15 is 0 Å². The SMILES string of the molecule is COCC(C)(C)CNC(=O)CCC(NC(=O)OCC1c2ccccc2-c2ccccc21)C(=O)NCC(C)(C)COC. The average molecular weight is 568 g/mol. The Morgan fingerprint density at radius 3 is 1.85 bits per heavy atom. The lowest BCUT2D eigenvalue weighted by Crippen LogP contribution is -2.50. The number of ether oxygens (including phenoxy) is 3. The lowest BCUT2D eigenvalue weighted by Gasteiger charge is -2.26. The van der Waals surface area contributed by atoms with E-state index in [9.17, 15) is 14.4 Å². The number of fused-ring (bicyclic) bond motifs is 3. The molecule has 224 valence electrons. The Balaban J connectivity index is 1.63. The van der Waals surface area contributed by atoms with Crippen LogP contribution >= 0.6 is 0 Å². The van der Waals surface area contributed by atoms with Crippen LogP contribution in [0.3, 0.4) is 0 Å². The third-order valence-corrected chi connectivity index (χ3v) is 7.19. The number of alkyl carbamates (subject to hydrolysis) is 1. The van der Waals surface area contributed by atoms with Crippen LogP contribution in [-0.4, -0.2) is 71.1 Å². The van der Waals surface area contributed by atoms with Gasteiger partial charge in [-0.25, -0.2) is 4.79 Å². The van der Waals surface area contributed by atoms with Gasteiger partial charge in [0.2, 0.25) is 11.8 Å². The number of hydrogen-bond acceptors (Lipinski definition) is 6. The topological polar surface area (TPSA) is 115 Å². The molecular formula is C32H45N3O6. The first-order chi connectivity index (χ1) is 19.5. The molecule has 3 rings (SSSR count). The fraction of sp³-hybridized carbons (Fsp3) is 0.531. The van der Waals surface area contributed by atoms with E-state index in [1.54, 1.807) is 14.2 Å². The van der Waals surface area contributed by atoms with Crippen molar-refractivity contribution in [2.45, 2.75) is 52.5 Å². The monoisotopic (exact) mass is 567 g/mol. The van der Waals surface area contributed by atoms with E-state index in [1.165, 1.54) is 0 Å². The Morgan fingerprint density at radius 1 is 0.805 bits per heavy atom.